The molecule has 0 saturated carbocycles. The fourth-order valence-corrected chi connectivity index (χ4v) is 4.44. The van der Waals surface area contributed by atoms with Crippen LogP contribution in [0.4, 0.5) is 15.8 Å². The second-order valence-corrected chi connectivity index (χ2v) is 8.27. The average Bonchev–Trinajstić information content (AvgIpc) is 2.95. The Kier molecular flexibility index (Phi) is 5.17. The molecule has 5 nitrogen and oxygen atoms in total. The number of nitrogens with one attached hydrogen (secondary N) is 2. The minimum atomic E-state index is -0.473. The van der Waals surface area contributed by atoms with Crippen molar-refractivity contribution in [3.63, 3.8) is 0 Å². The minimum Gasteiger partial charge on any atom is -0.322 e. The van der Waals surface area contributed by atoms with Crippen molar-refractivity contribution in [2.75, 3.05) is 10.6 Å². The molecular formula is C25H16FN3O2S. The number of hydrogen-bond donors (Lipinski definition) is 2. The number of aromatic nitrogens is 1. The molecule has 0 unspecified atom stereocenters. The Morgan fingerprint density at radius 3 is 2.62 bits per heavy atom. The van der Waals surface area contributed by atoms with Gasteiger partial charge in [0.1, 0.15) is 5.82 Å². The van der Waals surface area contributed by atoms with Gasteiger partial charge in [0.05, 0.1) is 11.3 Å². The lowest BCUT2D eigenvalue weighted by atomic mass is 10.1. The summed E-state index contributed by atoms with van der Waals surface area (Å²) in [5.74, 6) is -1.19. The summed E-state index contributed by atoms with van der Waals surface area (Å²) in [5, 5.41) is 5.68. The van der Waals surface area contributed by atoms with E-state index in [0.717, 1.165) is 16.0 Å². The Morgan fingerprint density at radius 2 is 1.78 bits per heavy atom. The maximum atomic E-state index is 13.6. The maximum absolute atomic E-state index is 13.6. The fourth-order valence-electron chi connectivity index (χ4n) is 3.45. The number of amides is 2. The molecule has 1 aliphatic rings. The molecule has 5 rings (SSSR count). The first-order valence-corrected chi connectivity index (χ1v) is 10.6. The predicted octanol–water partition coefficient (Wildman–Crippen LogP) is 5.86. The largest absolute Gasteiger partial charge is 0.322 e. The van der Waals surface area contributed by atoms with E-state index in [1.165, 1.54) is 23.9 Å². The quantitative estimate of drug-likeness (QED) is 0.418. The third-order valence-electron chi connectivity index (χ3n) is 5.01. The van der Waals surface area contributed by atoms with Gasteiger partial charge in [0.15, 0.2) is 0 Å². The van der Waals surface area contributed by atoms with Gasteiger partial charge in [-0.1, -0.05) is 30.0 Å². The zero-order valence-corrected chi connectivity index (χ0v) is 17.4. The van der Waals surface area contributed by atoms with Crippen molar-refractivity contribution in [1.82, 2.24) is 4.98 Å². The van der Waals surface area contributed by atoms with Crippen LogP contribution >= 0.6 is 11.8 Å². The predicted molar refractivity (Wildman–Crippen MR) is 123 cm³/mol. The Morgan fingerprint density at radius 1 is 0.938 bits per heavy atom. The van der Waals surface area contributed by atoms with E-state index < -0.39 is 11.7 Å². The van der Waals surface area contributed by atoms with E-state index in [-0.39, 0.29) is 11.5 Å². The van der Waals surface area contributed by atoms with Crippen molar-refractivity contribution in [1.29, 1.82) is 0 Å². The summed E-state index contributed by atoms with van der Waals surface area (Å²) in [7, 11) is 0. The summed E-state index contributed by atoms with van der Waals surface area (Å²) >= 11 is 1.35. The van der Waals surface area contributed by atoms with E-state index in [2.05, 4.69) is 15.6 Å². The van der Waals surface area contributed by atoms with E-state index in [1.54, 1.807) is 36.7 Å². The standard InChI is InChI=1S/C25H16FN3O2S/c26-18-7-9-22-20(13-18)25(31)29-21-12-16(6-8-23(21)32-22)24(30)28-19-5-1-3-15(11-19)17-4-2-10-27-14-17/h1-14H,(H,28,30)(H,29,31). The zero-order valence-electron chi connectivity index (χ0n) is 16.6. The van der Waals surface area contributed by atoms with Crippen LogP contribution in [0.5, 0.6) is 0 Å². The van der Waals surface area contributed by atoms with Crippen molar-refractivity contribution < 1.29 is 14.0 Å². The summed E-state index contributed by atoms with van der Waals surface area (Å²) in [6.45, 7) is 0. The van der Waals surface area contributed by atoms with Crippen LogP contribution in [0.1, 0.15) is 20.7 Å². The van der Waals surface area contributed by atoms with Crippen LogP contribution in [0.25, 0.3) is 11.1 Å². The number of pyridine rings is 1. The van der Waals surface area contributed by atoms with Gasteiger partial charge < -0.3 is 10.6 Å². The highest BCUT2D eigenvalue weighted by molar-refractivity contribution is 7.99. The molecule has 0 bridgehead atoms. The average molecular weight is 441 g/mol. The van der Waals surface area contributed by atoms with Crippen molar-refractivity contribution in [2.24, 2.45) is 0 Å². The molecule has 0 aliphatic carbocycles. The number of carbonyl (C=O) groups is 2. The number of benzene rings is 3. The van der Waals surface area contributed by atoms with Gasteiger partial charge in [-0.05, 0) is 60.2 Å². The first kappa shape index (κ1) is 20.0. The molecule has 32 heavy (non-hydrogen) atoms. The van der Waals surface area contributed by atoms with Crippen LogP contribution in [0, 0.1) is 5.82 Å². The monoisotopic (exact) mass is 441 g/mol. The van der Waals surface area contributed by atoms with Crippen LogP contribution in [0.3, 0.4) is 0 Å². The van der Waals surface area contributed by atoms with Gasteiger partial charge in [0.2, 0.25) is 0 Å². The van der Waals surface area contributed by atoms with E-state index in [4.69, 9.17) is 0 Å². The van der Waals surface area contributed by atoms with E-state index in [1.807, 2.05) is 36.4 Å². The molecule has 156 valence electrons. The first-order chi connectivity index (χ1) is 15.6. The van der Waals surface area contributed by atoms with Gasteiger partial charge >= 0.3 is 0 Å². The van der Waals surface area contributed by atoms with Crippen LogP contribution in [0.15, 0.2) is 95.0 Å². The van der Waals surface area contributed by atoms with Gasteiger partial charge in [-0.25, -0.2) is 4.39 Å². The second kappa shape index (κ2) is 8.28. The lowest BCUT2D eigenvalue weighted by Gasteiger charge is -2.11. The summed E-state index contributed by atoms with van der Waals surface area (Å²) in [6.07, 6.45) is 3.47. The second-order valence-electron chi connectivity index (χ2n) is 7.18. The Bertz CT molecular complexity index is 1360. The summed E-state index contributed by atoms with van der Waals surface area (Å²) in [6, 6.07) is 20.5. The van der Waals surface area contributed by atoms with Crippen molar-refractivity contribution in [3.8, 4) is 11.1 Å². The summed E-state index contributed by atoms with van der Waals surface area (Å²) in [4.78, 5) is 31.0. The molecular weight excluding hydrogens is 425 g/mol. The van der Waals surface area contributed by atoms with Gasteiger partial charge in [0.25, 0.3) is 11.8 Å². The number of carbonyl (C=O) groups excluding carboxylic acids is 2. The molecule has 2 N–H and O–H groups in total. The molecule has 2 heterocycles. The van der Waals surface area contributed by atoms with Crippen molar-refractivity contribution in [3.05, 3.63) is 102 Å². The van der Waals surface area contributed by atoms with E-state index in [0.29, 0.717) is 21.8 Å². The molecule has 4 aromatic rings. The molecule has 7 heteroatoms. The topological polar surface area (TPSA) is 71.1 Å². The van der Waals surface area contributed by atoms with Crippen LogP contribution in [-0.2, 0) is 0 Å². The number of fused-ring (bicyclic) bond motifs is 2. The van der Waals surface area contributed by atoms with Crippen LogP contribution in [-0.4, -0.2) is 16.8 Å². The van der Waals surface area contributed by atoms with E-state index >= 15 is 0 Å². The summed E-state index contributed by atoms with van der Waals surface area (Å²) < 4.78 is 13.6. The zero-order chi connectivity index (χ0) is 22.1. The Labute approximate surface area is 187 Å². The van der Waals surface area contributed by atoms with Gasteiger partial charge in [-0.2, -0.15) is 0 Å². The summed E-state index contributed by atoms with van der Waals surface area (Å²) in [5.41, 5.74) is 3.70. The molecule has 0 radical (unpaired) electrons. The molecule has 1 aromatic heterocycles. The highest BCUT2D eigenvalue weighted by atomic mass is 32.2. The molecule has 2 amide bonds. The number of anilines is 2. The molecule has 0 fully saturated rings. The minimum absolute atomic E-state index is 0.268. The highest BCUT2D eigenvalue weighted by Gasteiger charge is 2.21. The lowest BCUT2D eigenvalue weighted by Crippen LogP contribution is -2.14. The lowest BCUT2D eigenvalue weighted by molar-refractivity contribution is 0.101. The third-order valence-corrected chi connectivity index (χ3v) is 6.16. The number of halogens is 1. The molecule has 0 saturated heterocycles. The number of hydrogen-bond acceptors (Lipinski definition) is 4. The smallest absolute Gasteiger partial charge is 0.256 e. The molecule has 0 atom stereocenters. The Hall–Kier alpha value is -3.97. The number of rotatable bonds is 3. The third kappa shape index (κ3) is 3.98. The van der Waals surface area contributed by atoms with Crippen LogP contribution < -0.4 is 10.6 Å². The highest BCUT2D eigenvalue weighted by Crippen LogP contribution is 2.39. The first-order valence-electron chi connectivity index (χ1n) is 9.81. The van der Waals surface area contributed by atoms with Crippen LogP contribution in [0.2, 0.25) is 0 Å². The van der Waals surface area contributed by atoms with Gasteiger partial charge in [0, 0.05) is 39.0 Å². The van der Waals surface area contributed by atoms with E-state index in [9.17, 15) is 14.0 Å². The maximum Gasteiger partial charge on any atom is 0.256 e. The Balaban J connectivity index is 1.39. The van der Waals surface area contributed by atoms with Crippen molar-refractivity contribution >= 4 is 35.0 Å². The molecule has 3 aromatic carbocycles. The molecule has 0 spiro atoms. The van der Waals surface area contributed by atoms with Crippen molar-refractivity contribution in [2.45, 2.75) is 9.79 Å². The SMILES string of the molecule is O=C(Nc1cccc(-c2cccnc2)c1)c1ccc2c(c1)NC(=O)c1cc(F)ccc1S2. The normalized spacial score (nSPS) is 12.2. The fraction of sp³-hybridized carbons (Fsp3) is 0. The molecule has 1 aliphatic heterocycles. The van der Waals surface area contributed by atoms with Gasteiger partial charge in [-0.3, -0.25) is 14.6 Å². The number of nitrogens with zero attached hydrogens (tertiary/aromatic N) is 1. The van der Waals surface area contributed by atoms with Gasteiger partial charge in [-0.15, -0.1) is 0 Å².